The average Bonchev–Trinajstić information content (AvgIpc) is 2.60. The molecule has 2 rings (SSSR count). The van der Waals surface area contributed by atoms with E-state index in [0.29, 0.717) is 32.7 Å². The SMILES string of the molecule is CC(=O)SCC(=O)NCCc1ccc(N2CCN(C(=O)O)CC2)cc1. The van der Waals surface area contributed by atoms with Crippen LogP contribution in [0.2, 0.25) is 0 Å². The summed E-state index contributed by atoms with van der Waals surface area (Å²) >= 11 is 1.01. The van der Waals surface area contributed by atoms with Crippen molar-refractivity contribution < 1.29 is 19.5 Å². The molecule has 1 saturated heterocycles. The van der Waals surface area contributed by atoms with E-state index in [0.717, 1.165) is 29.4 Å². The fourth-order valence-corrected chi connectivity index (χ4v) is 3.03. The molecule has 1 aliphatic rings. The zero-order valence-electron chi connectivity index (χ0n) is 14.2. The first-order chi connectivity index (χ1) is 12.0. The summed E-state index contributed by atoms with van der Waals surface area (Å²) < 4.78 is 0. The van der Waals surface area contributed by atoms with E-state index in [-0.39, 0.29) is 16.8 Å². The van der Waals surface area contributed by atoms with E-state index in [4.69, 9.17) is 5.11 Å². The maximum absolute atomic E-state index is 11.5. The van der Waals surface area contributed by atoms with Gasteiger partial charge < -0.3 is 20.2 Å². The molecule has 2 amide bonds. The number of carbonyl (C=O) groups is 3. The Labute approximate surface area is 151 Å². The Morgan fingerprint density at radius 3 is 2.32 bits per heavy atom. The van der Waals surface area contributed by atoms with Gasteiger partial charge in [-0.1, -0.05) is 23.9 Å². The van der Waals surface area contributed by atoms with Gasteiger partial charge in [0.2, 0.25) is 5.91 Å². The lowest BCUT2D eigenvalue weighted by Gasteiger charge is -2.34. The Morgan fingerprint density at radius 2 is 1.76 bits per heavy atom. The zero-order valence-corrected chi connectivity index (χ0v) is 15.1. The molecule has 1 heterocycles. The molecule has 25 heavy (non-hydrogen) atoms. The Kier molecular flexibility index (Phi) is 7.12. The van der Waals surface area contributed by atoms with Gasteiger partial charge in [0.05, 0.1) is 5.75 Å². The number of anilines is 1. The molecule has 7 nitrogen and oxygen atoms in total. The topological polar surface area (TPSA) is 90.0 Å². The smallest absolute Gasteiger partial charge is 0.407 e. The molecule has 0 atom stereocenters. The molecule has 1 aliphatic heterocycles. The number of nitrogens with one attached hydrogen (secondary N) is 1. The fourth-order valence-electron chi connectivity index (χ4n) is 2.59. The molecule has 0 aromatic heterocycles. The Balaban J connectivity index is 1.74. The number of rotatable bonds is 6. The van der Waals surface area contributed by atoms with Crippen LogP contribution in [0.5, 0.6) is 0 Å². The summed E-state index contributed by atoms with van der Waals surface area (Å²) in [5.41, 5.74) is 2.20. The van der Waals surface area contributed by atoms with Gasteiger partial charge in [0, 0.05) is 45.3 Å². The highest BCUT2D eigenvalue weighted by atomic mass is 32.2. The molecule has 2 N–H and O–H groups in total. The summed E-state index contributed by atoms with van der Waals surface area (Å²) in [4.78, 5) is 36.9. The van der Waals surface area contributed by atoms with Crippen LogP contribution in [0.4, 0.5) is 10.5 Å². The van der Waals surface area contributed by atoms with Crippen LogP contribution in [0.1, 0.15) is 12.5 Å². The van der Waals surface area contributed by atoms with Crippen molar-refractivity contribution in [3.63, 3.8) is 0 Å². The van der Waals surface area contributed by atoms with Crippen LogP contribution >= 0.6 is 11.8 Å². The Morgan fingerprint density at radius 1 is 1.12 bits per heavy atom. The van der Waals surface area contributed by atoms with E-state index in [1.54, 1.807) is 0 Å². The van der Waals surface area contributed by atoms with Gasteiger partial charge in [-0.15, -0.1) is 0 Å². The van der Waals surface area contributed by atoms with Crippen molar-refractivity contribution in [1.82, 2.24) is 10.2 Å². The van der Waals surface area contributed by atoms with Crippen molar-refractivity contribution in [3.8, 4) is 0 Å². The molecule has 0 aliphatic carbocycles. The third-order valence-electron chi connectivity index (χ3n) is 3.99. The summed E-state index contributed by atoms with van der Waals surface area (Å²) in [5, 5.41) is 11.7. The number of benzene rings is 1. The van der Waals surface area contributed by atoms with E-state index >= 15 is 0 Å². The lowest BCUT2D eigenvalue weighted by molar-refractivity contribution is -0.118. The molecule has 0 radical (unpaired) electrons. The maximum atomic E-state index is 11.5. The zero-order chi connectivity index (χ0) is 18.2. The van der Waals surface area contributed by atoms with Gasteiger partial charge in [0.15, 0.2) is 5.12 Å². The number of carbonyl (C=O) groups excluding carboxylic acids is 2. The van der Waals surface area contributed by atoms with Gasteiger partial charge in [0.25, 0.3) is 0 Å². The summed E-state index contributed by atoms with van der Waals surface area (Å²) in [6, 6.07) is 8.10. The Hall–Kier alpha value is -2.22. The Bertz CT molecular complexity index is 613. The summed E-state index contributed by atoms with van der Waals surface area (Å²) in [5.74, 6) is 0.0319. The molecule has 0 saturated carbocycles. The summed E-state index contributed by atoms with van der Waals surface area (Å²) in [6.45, 7) is 4.39. The molecule has 1 aromatic rings. The van der Waals surface area contributed by atoms with Gasteiger partial charge in [-0.25, -0.2) is 4.79 Å². The molecule has 136 valence electrons. The van der Waals surface area contributed by atoms with E-state index in [1.807, 2.05) is 24.3 Å². The third-order valence-corrected chi connectivity index (χ3v) is 4.81. The lowest BCUT2D eigenvalue weighted by Crippen LogP contribution is -2.48. The number of piperazine rings is 1. The minimum absolute atomic E-state index is 0.0603. The predicted octanol–water partition coefficient (Wildman–Crippen LogP) is 1.42. The van der Waals surface area contributed by atoms with E-state index < -0.39 is 6.09 Å². The number of hydrogen-bond donors (Lipinski definition) is 2. The van der Waals surface area contributed by atoms with Crippen molar-refractivity contribution in [3.05, 3.63) is 29.8 Å². The minimum Gasteiger partial charge on any atom is -0.465 e. The van der Waals surface area contributed by atoms with Gasteiger partial charge in [-0.2, -0.15) is 0 Å². The van der Waals surface area contributed by atoms with Gasteiger partial charge in [0.1, 0.15) is 0 Å². The normalized spacial score (nSPS) is 14.3. The van der Waals surface area contributed by atoms with Crippen LogP contribution in [-0.2, 0) is 16.0 Å². The fraction of sp³-hybridized carbons (Fsp3) is 0.471. The van der Waals surface area contributed by atoms with Crippen LogP contribution in [0, 0.1) is 0 Å². The van der Waals surface area contributed by atoms with Crippen molar-refractivity contribution >= 4 is 34.6 Å². The van der Waals surface area contributed by atoms with E-state index in [9.17, 15) is 14.4 Å². The second-order valence-corrected chi connectivity index (χ2v) is 6.96. The highest BCUT2D eigenvalue weighted by Gasteiger charge is 2.20. The highest BCUT2D eigenvalue weighted by molar-refractivity contribution is 8.14. The number of nitrogens with zero attached hydrogens (tertiary/aromatic N) is 2. The number of carboxylic acid groups (broad SMARTS) is 1. The first-order valence-electron chi connectivity index (χ1n) is 8.17. The number of hydrogen-bond acceptors (Lipinski definition) is 5. The standard InChI is InChI=1S/C17H23N3O4S/c1-13(21)25-12-16(22)18-7-6-14-2-4-15(5-3-14)19-8-10-20(11-9-19)17(23)24/h2-5H,6-12H2,1H3,(H,18,22)(H,23,24). The van der Waals surface area contributed by atoms with Crippen LogP contribution in [-0.4, -0.2) is 65.6 Å². The predicted molar refractivity (Wildman–Crippen MR) is 98.1 cm³/mol. The minimum atomic E-state index is -0.862. The van der Waals surface area contributed by atoms with Crippen LogP contribution in [0.3, 0.4) is 0 Å². The van der Waals surface area contributed by atoms with E-state index in [1.165, 1.54) is 11.8 Å². The second kappa shape index (κ2) is 9.31. The molecule has 1 fully saturated rings. The van der Waals surface area contributed by atoms with E-state index in [2.05, 4.69) is 10.2 Å². The van der Waals surface area contributed by atoms with Gasteiger partial charge in [-0.3, -0.25) is 9.59 Å². The molecular formula is C17H23N3O4S. The summed E-state index contributed by atoms with van der Waals surface area (Å²) in [6.07, 6.45) is -0.137. The van der Waals surface area contributed by atoms with Crippen molar-refractivity contribution in [2.45, 2.75) is 13.3 Å². The molecule has 0 bridgehead atoms. The van der Waals surface area contributed by atoms with Crippen LogP contribution in [0.25, 0.3) is 0 Å². The second-order valence-electron chi connectivity index (χ2n) is 5.80. The van der Waals surface area contributed by atoms with Crippen LogP contribution < -0.4 is 10.2 Å². The molecule has 0 spiro atoms. The lowest BCUT2D eigenvalue weighted by atomic mass is 10.1. The molecular weight excluding hydrogens is 342 g/mol. The third kappa shape index (κ3) is 6.30. The summed E-state index contributed by atoms with van der Waals surface area (Å²) in [7, 11) is 0. The van der Waals surface area contributed by atoms with Gasteiger partial charge in [-0.05, 0) is 24.1 Å². The van der Waals surface area contributed by atoms with Crippen LogP contribution in [0.15, 0.2) is 24.3 Å². The quantitative estimate of drug-likeness (QED) is 0.793. The highest BCUT2D eigenvalue weighted by Crippen LogP contribution is 2.17. The molecule has 8 heteroatoms. The number of thioether (sulfide) groups is 1. The van der Waals surface area contributed by atoms with Gasteiger partial charge >= 0.3 is 6.09 Å². The number of amides is 2. The maximum Gasteiger partial charge on any atom is 0.407 e. The molecule has 1 aromatic carbocycles. The first kappa shape index (κ1) is 19.1. The largest absolute Gasteiger partial charge is 0.465 e. The monoisotopic (exact) mass is 365 g/mol. The van der Waals surface area contributed by atoms with Crippen molar-refractivity contribution in [2.24, 2.45) is 0 Å². The average molecular weight is 365 g/mol. The van der Waals surface area contributed by atoms with Crippen molar-refractivity contribution in [2.75, 3.05) is 43.4 Å². The van der Waals surface area contributed by atoms with Crippen molar-refractivity contribution in [1.29, 1.82) is 0 Å². The molecule has 0 unspecified atom stereocenters. The first-order valence-corrected chi connectivity index (χ1v) is 9.16.